The Hall–Kier alpha value is -1.42. The number of anilines is 1. The molecule has 0 aliphatic rings. The quantitative estimate of drug-likeness (QED) is 0.803. The van der Waals surface area contributed by atoms with Gasteiger partial charge < -0.3 is 10.0 Å². The summed E-state index contributed by atoms with van der Waals surface area (Å²) in [5.74, 6) is 0.154. The molecule has 1 aromatic rings. The van der Waals surface area contributed by atoms with Crippen molar-refractivity contribution in [1.29, 1.82) is 0 Å². The zero-order chi connectivity index (χ0) is 13.5. The third-order valence-electron chi connectivity index (χ3n) is 2.79. The highest BCUT2D eigenvalue weighted by Gasteiger charge is 2.08. The van der Waals surface area contributed by atoms with Crippen LogP contribution in [0.3, 0.4) is 0 Å². The molecular formula is C14H19NO2S. The molecule has 18 heavy (non-hydrogen) atoms. The van der Waals surface area contributed by atoms with Crippen molar-refractivity contribution >= 4 is 29.5 Å². The number of rotatable bonds is 6. The van der Waals surface area contributed by atoms with Gasteiger partial charge in [-0.1, -0.05) is 12.1 Å². The van der Waals surface area contributed by atoms with Crippen LogP contribution in [0, 0.1) is 0 Å². The van der Waals surface area contributed by atoms with Crippen molar-refractivity contribution in [2.45, 2.75) is 13.0 Å². The Morgan fingerprint density at radius 3 is 2.56 bits per heavy atom. The van der Waals surface area contributed by atoms with E-state index in [1.807, 2.05) is 36.0 Å². The van der Waals surface area contributed by atoms with Crippen LogP contribution < -0.4 is 4.90 Å². The molecule has 98 valence electrons. The predicted octanol–water partition coefficient (Wildman–Crippen LogP) is 2.97. The van der Waals surface area contributed by atoms with Crippen LogP contribution in [0.5, 0.6) is 0 Å². The van der Waals surface area contributed by atoms with Crippen LogP contribution in [-0.2, 0) is 4.79 Å². The standard InChI is InChI=1S/C14H19NO2S/c1-11(10-18-3)15(2)13-7-4-12(5-8-13)6-9-14(16)17/h4-9,11H,10H2,1-3H3,(H,16,17)/b9-6+. The molecule has 0 saturated carbocycles. The summed E-state index contributed by atoms with van der Waals surface area (Å²) in [5.41, 5.74) is 2.04. The average molecular weight is 265 g/mol. The highest BCUT2D eigenvalue weighted by Crippen LogP contribution is 2.18. The number of thioether (sulfide) groups is 1. The van der Waals surface area contributed by atoms with E-state index in [0.29, 0.717) is 6.04 Å². The van der Waals surface area contributed by atoms with Crippen molar-refractivity contribution in [3.8, 4) is 0 Å². The Balaban J connectivity index is 2.73. The normalized spacial score (nSPS) is 12.6. The summed E-state index contributed by atoms with van der Waals surface area (Å²) < 4.78 is 0. The molecular weight excluding hydrogens is 246 g/mol. The SMILES string of the molecule is CSCC(C)N(C)c1ccc(/C=C/C(=O)O)cc1. The number of aliphatic carboxylic acids is 1. The van der Waals surface area contributed by atoms with Gasteiger partial charge >= 0.3 is 5.97 Å². The summed E-state index contributed by atoms with van der Waals surface area (Å²) in [7, 11) is 2.07. The lowest BCUT2D eigenvalue weighted by Gasteiger charge is -2.26. The predicted molar refractivity (Wildman–Crippen MR) is 79.4 cm³/mol. The van der Waals surface area contributed by atoms with Gasteiger partial charge in [0.05, 0.1) is 0 Å². The van der Waals surface area contributed by atoms with Gasteiger partial charge in [-0.3, -0.25) is 0 Å². The Kier molecular flexibility index (Phi) is 5.78. The molecule has 1 unspecified atom stereocenters. The zero-order valence-corrected chi connectivity index (χ0v) is 11.8. The Labute approximate surface area is 113 Å². The van der Waals surface area contributed by atoms with Crippen molar-refractivity contribution in [1.82, 2.24) is 0 Å². The minimum atomic E-state index is -0.926. The lowest BCUT2D eigenvalue weighted by atomic mass is 10.1. The molecule has 1 aromatic carbocycles. The van der Waals surface area contributed by atoms with E-state index in [0.717, 1.165) is 23.1 Å². The number of carboxylic acid groups (broad SMARTS) is 1. The molecule has 0 heterocycles. The lowest BCUT2D eigenvalue weighted by molar-refractivity contribution is -0.131. The fourth-order valence-electron chi connectivity index (χ4n) is 1.60. The van der Waals surface area contributed by atoms with E-state index in [2.05, 4.69) is 25.1 Å². The number of carbonyl (C=O) groups is 1. The molecule has 0 bridgehead atoms. The van der Waals surface area contributed by atoms with Crippen LogP contribution in [0.4, 0.5) is 5.69 Å². The van der Waals surface area contributed by atoms with Crippen LogP contribution in [-0.4, -0.2) is 36.2 Å². The first-order valence-electron chi connectivity index (χ1n) is 5.77. The van der Waals surface area contributed by atoms with Crippen molar-refractivity contribution in [2.75, 3.05) is 24.0 Å². The van der Waals surface area contributed by atoms with E-state index < -0.39 is 5.97 Å². The van der Waals surface area contributed by atoms with Gasteiger partial charge in [0, 0.05) is 30.6 Å². The maximum absolute atomic E-state index is 10.4. The first kappa shape index (κ1) is 14.6. The van der Waals surface area contributed by atoms with E-state index in [4.69, 9.17) is 5.11 Å². The maximum Gasteiger partial charge on any atom is 0.328 e. The molecule has 0 spiro atoms. The van der Waals surface area contributed by atoms with Crippen LogP contribution in [0.2, 0.25) is 0 Å². The van der Waals surface area contributed by atoms with Crippen LogP contribution >= 0.6 is 11.8 Å². The average Bonchev–Trinajstić information content (AvgIpc) is 2.36. The van der Waals surface area contributed by atoms with E-state index in [9.17, 15) is 4.79 Å². The third-order valence-corrected chi connectivity index (χ3v) is 3.60. The van der Waals surface area contributed by atoms with Crippen molar-refractivity contribution in [3.63, 3.8) is 0 Å². The van der Waals surface area contributed by atoms with Crippen LogP contribution in [0.1, 0.15) is 12.5 Å². The van der Waals surface area contributed by atoms with Gasteiger partial charge in [0.1, 0.15) is 0 Å². The Bertz CT molecular complexity index is 414. The summed E-state index contributed by atoms with van der Waals surface area (Å²) in [6.07, 6.45) is 4.84. The van der Waals surface area contributed by atoms with Gasteiger partial charge in [-0.05, 0) is 37.0 Å². The summed E-state index contributed by atoms with van der Waals surface area (Å²) in [6, 6.07) is 8.35. The first-order valence-corrected chi connectivity index (χ1v) is 7.17. The second kappa shape index (κ2) is 7.11. The number of hydrogen-bond acceptors (Lipinski definition) is 3. The molecule has 1 atom stereocenters. The number of carboxylic acids is 1. The molecule has 4 heteroatoms. The summed E-state index contributed by atoms with van der Waals surface area (Å²) >= 11 is 1.83. The molecule has 1 N–H and O–H groups in total. The number of benzene rings is 1. The third kappa shape index (κ3) is 4.45. The lowest BCUT2D eigenvalue weighted by Crippen LogP contribution is -2.30. The molecule has 0 radical (unpaired) electrons. The maximum atomic E-state index is 10.4. The van der Waals surface area contributed by atoms with Crippen LogP contribution in [0.25, 0.3) is 6.08 Å². The highest BCUT2D eigenvalue weighted by molar-refractivity contribution is 7.98. The number of nitrogens with zero attached hydrogens (tertiary/aromatic N) is 1. The van der Waals surface area contributed by atoms with Crippen LogP contribution in [0.15, 0.2) is 30.3 Å². The molecule has 0 aromatic heterocycles. The second-order valence-electron chi connectivity index (χ2n) is 4.18. The fourth-order valence-corrected chi connectivity index (χ4v) is 2.30. The minimum Gasteiger partial charge on any atom is -0.478 e. The van der Waals surface area contributed by atoms with E-state index in [1.165, 1.54) is 0 Å². The monoisotopic (exact) mass is 265 g/mol. The molecule has 0 aliphatic carbocycles. The van der Waals surface area contributed by atoms with Crippen molar-refractivity contribution in [2.24, 2.45) is 0 Å². The topological polar surface area (TPSA) is 40.5 Å². The van der Waals surface area contributed by atoms with Gasteiger partial charge in [-0.25, -0.2) is 4.79 Å². The van der Waals surface area contributed by atoms with Crippen molar-refractivity contribution < 1.29 is 9.90 Å². The highest BCUT2D eigenvalue weighted by atomic mass is 32.2. The summed E-state index contributed by atoms with van der Waals surface area (Å²) in [6.45, 7) is 2.19. The second-order valence-corrected chi connectivity index (χ2v) is 5.09. The summed E-state index contributed by atoms with van der Waals surface area (Å²) in [4.78, 5) is 12.6. The van der Waals surface area contributed by atoms with Gasteiger partial charge in [-0.2, -0.15) is 11.8 Å². The van der Waals surface area contributed by atoms with Gasteiger partial charge in [0.2, 0.25) is 0 Å². The van der Waals surface area contributed by atoms with Crippen molar-refractivity contribution in [3.05, 3.63) is 35.9 Å². The molecule has 3 nitrogen and oxygen atoms in total. The molecule has 0 aliphatic heterocycles. The van der Waals surface area contributed by atoms with Gasteiger partial charge in [-0.15, -0.1) is 0 Å². The molecule has 0 amide bonds. The minimum absolute atomic E-state index is 0.473. The summed E-state index contributed by atoms with van der Waals surface area (Å²) in [5, 5.41) is 8.55. The molecule has 0 saturated heterocycles. The molecule has 1 rings (SSSR count). The smallest absolute Gasteiger partial charge is 0.328 e. The largest absolute Gasteiger partial charge is 0.478 e. The molecule has 0 fully saturated rings. The van der Waals surface area contributed by atoms with Gasteiger partial charge in [0.15, 0.2) is 0 Å². The zero-order valence-electron chi connectivity index (χ0n) is 11.0. The van der Waals surface area contributed by atoms with E-state index in [1.54, 1.807) is 6.08 Å². The van der Waals surface area contributed by atoms with E-state index >= 15 is 0 Å². The Morgan fingerprint density at radius 2 is 2.06 bits per heavy atom. The van der Waals surface area contributed by atoms with Gasteiger partial charge in [0.25, 0.3) is 0 Å². The first-order chi connectivity index (χ1) is 8.54. The number of hydrogen-bond donors (Lipinski definition) is 1. The fraction of sp³-hybridized carbons (Fsp3) is 0.357. The van der Waals surface area contributed by atoms with E-state index in [-0.39, 0.29) is 0 Å². The Morgan fingerprint density at radius 1 is 1.44 bits per heavy atom.